The highest BCUT2D eigenvalue weighted by Crippen LogP contribution is 2.38. The molecule has 1 aromatic heterocycles. The molecule has 5 heteroatoms. The van der Waals surface area contributed by atoms with Crippen LogP contribution in [0.2, 0.25) is 0 Å². The Morgan fingerprint density at radius 1 is 1.06 bits per heavy atom. The molecule has 2 aromatic rings. The molecule has 0 N–H and O–H groups in total. The first-order valence-electron chi connectivity index (χ1n) is 5.25. The Labute approximate surface area is 116 Å². The minimum atomic E-state index is -0.910. The van der Waals surface area contributed by atoms with Crippen molar-refractivity contribution in [3.05, 3.63) is 56.5 Å². The summed E-state index contributed by atoms with van der Waals surface area (Å²) in [5, 5.41) is 0. The van der Waals surface area contributed by atoms with Gasteiger partial charge >= 0.3 is 0 Å². The molecule has 0 fully saturated rings. The van der Waals surface area contributed by atoms with E-state index in [2.05, 4.69) is 15.9 Å². The molecule has 1 unspecified atom stereocenters. The second-order valence-electron chi connectivity index (χ2n) is 4.01. The minimum Gasteiger partial charge on any atom is -0.207 e. The van der Waals surface area contributed by atoms with Crippen LogP contribution in [0.5, 0.6) is 0 Å². The molecule has 0 aliphatic heterocycles. The Balaban J connectivity index is 2.52. The Bertz CT molecular complexity index is 569. The fourth-order valence-corrected chi connectivity index (χ4v) is 3.88. The SMILES string of the molecule is Cc1cc(C(Br)c2c(F)cc(F)cc2F)c(C)s1. The molecule has 0 saturated heterocycles. The zero-order valence-corrected chi connectivity index (χ0v) is 12.1. The molecule has 0 spiro atoms. The fraction of sp³-hybridized carbons (Fsp3) is 0.231. The van der Waals surface area contributed by atoms with E-state index in [4.69, 9.17) is 0 Å². The summed E-state index contributed by atoms with van der Waals surface area (Å²) in [5.41, 5.74) is 0.652. The quantitative estimate of drug-likeness (QED) is 0.656. The van der Waals surface area contributed by atoms with E-state index in [9.17, 15) is 13.2 Å². The maximum absolute atomic E-state index is 13.7. The molecule has 1 heterocycles. The van der Waals surface area contributed by atoms with Gasteiger partial charge < -0.3 is 0 Å². The van der Waals surface area contributed by atoms with Crippen molar-refractivity contribution in [3.63, 3.8) is 0 Å². The highest BCUT2D eigenvalue weighted by Gasteiger charge is 2.23. The van der Waals surface area contributed by atoms with Crippen LogP contribution in [0.15, 0.2) is 18.2 Å². The molecule has 0 radical (unpaired) electrons. The van der Waals surface area contributed by atoms with Gasteiger partial charge in [-0.25, -0.2) is 13.2 Å². The van der Waals surface area contributed by atoms with Gasteiger partial charge in [-0.15, -0.1) is 11.3 Å². The number of halogens is 4. The first kappa shape index (κ1) is 13.6. The molecule has 0 bridgehead atoms. The number of aryl methyl sites for hydroxylation is 2. The largest absolute Gasteiger partial charge is 0.207 e. The van der Waals surface area contributed by atoms with E-state index in [1.807, 2.05) is 19.9 Å². The van der Waals surface area contributed by atoms with E-state index in [1.165, 1.54) is 0 Å². The van der Waals surface area contributed by atoms with Gasteiger partial charge in [0.2, 0.25) is 0 Å². The average Bonchev–Trinajstić information content (AvgIpc) is 2.56. The zero-order chi connectivity index (χ0) is 13.4. The molecule has 18 heavy (non-hydrogen) atoms. The van der Waals surface area contributed by atoms with Crippen LogP contribution in [0.3, 0.4) is 0 Å². The monoisotopic (exact) mass is 334 g/mol. The number of benzene rings is 1. The van der Waals surface area contributed by atoms with Crippen LogP contribution in [0.1, 0.15) is 25.7 Å². The van der Waals surface area contributed by atoms with E-state index in [-0.39, 0.29) is 5.56 Å². The first-order chi connectivity index (χ1) is 8.40. The Kier molecular flexibility index (Phi) is 3.82. The average molecular weight is 335 g/mol. The lowest BCUT2D eigenvalue weighted by Gasteiger charge is -2.12. The molecule has 96 valence electrons. The summed E-state index contributed by atoms with van der Waals surface area (Å²) in [6, 6.07) is 3.27. The highest BCUT2D eigenvalue weighted by molar-refractivity contribution is 9.09. The van der Waals surface area contributed by atoms with Gasteiger partial charge in [0.15, 0.2) is 0 Å². The van der Waals surface area contributed by atoms with Crippen LogP contribution in [-0.4, -0.2) is 0 Å². The normalized spacial score (nSPS) is 12.8. The van der Waals surface area contributed by atoms with Crippen molar-refractivity contribution in [3.8, 4) is 0 Å². The molecule has 0 saturated carbocycles. The Morgan fingerprint density at radius 2 is 1.61 bits per heavy atom. The van der Waals surface area contributed by atoms with Crippen molar-refractivity contribution in [1.29, 1.82) is 0 Å². The van der Waals surface area contributed by atoms with Crippen molar-refractivity contribution < 1.29 is 13.2 Å². The standard InChI is InChI=1S/C13H10BrF3S/c1-6-3-9(7(2)18-6)13(14)12-10(16)4-8(15)5-11(12)17/h3-5,13H,1-2H3. The number of alkyl halides is 1. The van der Waals surface area contributed by atoms with Crippen molar-refractivity contribution in [2.45, 2.75) is 18.7 Å². The van der Waals surface area contributed by atoms with Crippen molar-refractivity contribution in [2.24, 2.45) is 0 Å². The van der Waals surface area contributed by atoms with Gasteiger partial charge in [-0.2, -0.15) is 0 Å². The zero-order valence-electron chi connectivity index (χ0n) is 9.73. The summed E-state index contributed by atoms with van der Waals surface area (Å²) in [6.07, 6.45) is 0. The predicted octanol–water partition coefficient (Wildman–Crippen LogP) is 5.27. The van der Waals surface area contributed by atoms with Crippen molar-refractivity contribution in [1.82, 2.24) is 0 Å². The van der Waals surface area contributed by atoms with Crippen LogP contribution in [0.25, 0.3) is 0 Å². The topological polar surface area (TPSA) is 0 Å². The number of rotatable bonds is 2. The summed E-state index contributed by atoms with van der Waals surface area (Å²) in [5.74, 6) is -2.66. The van der Waals surface area contributed by atoms with E-state index in [1.54, 1.807) is 11.3 Å². The van der Waals surface area contributed by atoms with Gasteiger partial charge in [-0.3, -0.25) is 0 Å². The van der Waals surface area contributed by atoms with Gasteiger partial charge in [0, 0.05) is 27.5 Å². The summed E-state index contributed by atoms with van der Waals surface area (Å²) in [7, 11) is 0. The van der Waals surface area contributed by atoms with E-state index in [0.29, 0.717) is 12.1 Å². The van der Waals surface area contributed by atoms with Crippen LogP contribution in [-0.2, 0) is 0 Å². The lowest BCUT2D eigenvalue weighted by molar-refractivity contribution is 0.527. The van der Waals surface area contributed by atoms with Gasteiger partial charge in [-0.05, 0) is 25.5 Å². The van der Waals surface area contributed by atoms with Gasteiger partial charge in [0.1, 0.15) is 17.5 Å². The van der Waals surface area contributed by atoms with Gasteiger partial charge in [-0.1, -0.05) is 15.9 Å². The smallest absolute Gasteiger partial charge is 0.133 e. The summed E-state index contributed by atoms with van der Waals surface area (Å²) in [6.45, 7) is 3.82. The second-order valence-corrected chi connectivity index (χ2v) is 6.39. The number of hydrogen-bond acceptors (Lipinski definition) is 1. The summed E-state index contributed by atoms with van der Waals surface area (Å²) < 4.78 is 40.2. The lowest BCUT2D eigenvalue weighted by Crippen LogP contribution is -2.02. The molecule has 0 aliphatic rings. The minimum absolute atomic E-state index is 0.155. The molecular weight excluding hydrogens is 325 g/mol. The van der Waals surface area contributed by atoms with Gasteiger partial charge in [0.05, 0.1) is 4.83 Å². The van der Waals surface area contributed by atoms with E-state index in [0.717, 1.165) is 15.3 Å². The number of hydrogen-bond donors (Lipinski definition) is 0. The predicted molar refractivity (Wildman–Crippen MR) is 70.9 cm³/mol. The maximum atomic E-state index is 13.7. The Morgan fingerprint density at radius 3 is 2.06 bits per heavy atom. The summed E-state index contributed by atoms with van der Waals surface area (Å²) in [4.78, 5) is 1.44. The molecule has 1 aromatic carbocycles. The van der Waals surface area contributed by atoms with E-state index >= 15 is 0 Å². The lowest BCUT2D eigenvalue weighted by atomic mass is 10.0. The molecular formula is C13H10BrF3S. The molecule has 0 nitrogen and oxygen atoms in total. The van der Waals surface area contributed by atoms with Crippen LogP contribution in [0, 0.1) is 31.3 Å². The second kappa shape index (κ2) is 5.05. The molecule has 0 aliphatic carbocycles. The third-order valence-electron chi connectivity index (χ3n) is 2.65. The van der Waals surface area contributed by atoms with Crippen molar-refractivity contribution >= 4 is 27.3 Å². The fourth-order valence-electron chi connectivity index (χ4n) is 1.85. The van der Waals surface area contributed by atoms with Crippen LogP contribution in [0.4, 0.5) is 13.2 Å². The first-order valence-corrected chi connectivity index (χ1v) is 6.98. The van der Waals surface area contributed by atoms with E-state index < -0.39 is 22.3 Å². The number of thiophene rings is 1. The van der Waals surface area contributed by atoms with Crippen molar-refractivity contribution in [2.75, 3.05) is 0 Å². The third kappa shape index (κ3) is 2.47. The Hall–Kier alpha value is -0.810. The highest BCUT2D eigenvalue weighted by atomic mass is 79.9. The molecule has 2 rings (SSSR count). The third-order valence-corrected chi connectivity index (χ3v) is 4.58. The van der Waals surface area contributed by atoms with Crippen LogP contribution >= 0.6 is 27.3 Å². The maximum Gasteiger partial charge on any atom is 0.133 e. The molecule has 0 amide bonds. The molecule has 1 atom stereocenters. The summed E-state index contributed by atoms with van der Waals surface area (Å²) >= 11 is 4.85. The van der Waals surface area contributed by atoms with Gasteiger partial charge in [0.25, 0.3) is 0 Å². The van der Waals surface area contributed by atoms with Crippen LogP contribution < -0.4 is 0 Å².